The Hall–Kier alpha value is -1.19. The van der Waals surface area contributed by atoms with Crippen molar-refractivity contribution in [1.29, 1.82) is 0 Å². The molecule has 0 aliphatic rings. The Bertz CT molecular complexity index is 309. The van der Waals surface area contributed by atoms with Crippen LogP contribution in [-0.2, 0) is 13.1 Å². The van der Waals surface area contributed by atoms with Crippen LogP contribution >= 0.6 is 0 Å². The van der Waals surface area contributed by atoms with Crippen molar-refractivity contribution in [2.24, 2.45) is 0 Å². The Kier molecular flexibility index (Phi) is 5.01. The minimum absolute atomic E-state index is 0.818. The van der Waals surface area contributed by atoms with Crippen LogP contribution in [-0.4, -0.2) is 30.5 Å². The van der Waals surface area contributed by atoms with E-state index in [4.69, 9.17) is 0 Å². The van der Waals surface area contributed by atoms with Crippen molar-refractivity contribution in [3.63, 3.8) is 0 Å². The van der Waals surface area contributed by atoms with E-state index in [0.717, 1.165) is 31.0 Å². The SMILES string of the molecule is C=CCN(C)Cc1cccc(CNC)n1. The summed E-state index contributed by atoms with van der Waals surface area (Å²) in [6.45, 7) is 6.29. The predicted octanol–water partition coefficient (Wildman–Crippen LogP) is 1.42. The molecule has 82 valence electrons. The molecule has 1 N–H and O–H groups in total. The fourth-order valence-corrected chi connectivity index (χ4v) is 1.46. The van der Waals surface area contributed by atoms with Crippen molar-refractivity contribution in [1.82, 2.24) is 15.2 Å². The van der Waals surface area contributed by atoms with Gasteiger partial charge in [0.25, 0.3) is 0 Å². The second-order valence-corrected chi connectivity index (χ2v) is 3.64. The van der Waals surface area contributed by atoms with Crippen LogP contribution in [0.3, 0.4) is 0 Å². The summed E-state index contributed by atoms with van der Waals surface area (Å²) in [5.74, 6) is 0. The molecule has 0 fully saturated rings. The van der Waals surface area contributed by atoms with E-state index in [-0.39, 0.29) is 0 Å². The quantitative estimate of drug-likeness (QED) is 0.712. The molecule has 0 unspecified atom stereocenters. The topological polar surface area (TPSA) is 28.2 Å². The molecule has 0 radical (unpaired) electrons. The molecule has 3 nitrogen and oxygen atoms in total. The maximum Gasteiger partial charge on any atom is 0.0547 e. The van der Waals surface area contributed by atoms with E-state index in [9.17, 15) is 0 Å². The predicted molar refractivity (Wildman–Crippen MR) is 63.5 cm³/mol. The van der Waals surface area contributed by atoms with Gasteiger partial charge in [-0.05, 0) is 26.2 Å². The van der Waals surface area contributed by atoms with Crippen LogP contribution in [0.15, 0.2) is 30.9 Å². The molecular weight excluding hydrogens is 186 g/mol. The average Bonchev–Trinajstić information content (AvgIpc) is 2.19. The van der Waals surface area contributed by atoms with Gasteiger partial charge in [0.15, 0.2) is 0 Å². The zero-order valence-corrected chi connectivity index (χ0v) is 9.53. The Labute approximate surface area is 91.8 Å². The molecule has 15 heavy (non-hydrogen) atoms. The number of hydrogen-bond acceptors (Lipinski definition) is 3. The summed E-state index contributed by atoms with van der Waals surface area (Å²) in [5.41, 5.74) is 2.19. The molecule has 1 heterocycles. The number of likely N-dealkylation sites (N-methyl/N-ethyl adjacent to an activating group) is 1. The lowest BCUT2D eigenvalue weighted by Crippen LogP contribution is -2.18. The summed E-state index contributed by atoms with van der Waals surface area (Å²) in [6.07, 6.45) is 1.90. The largest absolute Gasteiger partial charge is 0.314 e. The lowest BCUT2D eigenvalue weighted by atomic mass is 10.3. The summed E-state index contributed by atoms with van der Waals surface area (Å²) >= 11 is 0. The third-order valence-corrected chi connectivity index (χ3v) is 2.10. The molecule has 0 saturated heterocycles. The molecule has 0 aliphatic heterocycles. The minimum atomic E-state index is 0.818. The zero-order valence-electron chi connectivity index (χ0n) is 9.53. The van der Waals surface area contributed by atoms with Gasteiger partial charge in [0.05, 0.1) is 11.4 Å². The molecule has 3 heteroatoms. The van der Waals surface area contributed by atoms with Crippen molar-refractivity contribution in [2.45, 2.75) is 13.1 Å². The first-order valence-corrected chi connectivity index (χ1v) is 5.15. The molecule has 0 atom stereocenters. The lowest BCUT2D eigenvalue weighted by molar-refractivity contribution is 0.358. The second kappa shape index (κ2) is 6.32. The molecule has 0 spiro atoms. The van der Waals surface area contributed by atoms with E-state index >= 15 is 0 Å². The molecule has 0 saturated carbocycles. The third-order valence-electron chi connectivity index (χ3n) is 2.10. The summed E-state index contributed by atoms with van der Waals surface area (Å²) in [4.78, 5) is 6.73. The number of nitrogens with zero attached hydrogens (tertiary/aromatic N) is 2. The highest BCUT2D eigenvalue weighted by Crippen LogP contribution is 2.02. The van der Waals surface area contributed by atoms with Gasteiger partial charge >= 0.3 is 0 Å². The van der Waals surface area contributed by atoms with E-state index in [1.807, 2.05) is 19.2 Å². The standard InChI is InChI=1S/C12H19N3/c1-4-8-15(3)10-12-7-5-6-11(14-12)9-13-2/h4-7,13H,1,8-10H2,2-3H3. The molecule has 0 aromatic carbocycles. The van der Waals surface area contributed by atoms with E-state index in [1.54, 1.807) is 0 Å². The summed E-state index contributed by atoms with van der Waals surface area (Å²) < 4.78 is 0. The van der Waals surface area contributed by atoms with Crippen LogP contribution in [0.25, 0.3) is 0 Å². The lowest BCUT2D eigenvalue weighted by Gasteiger charge is -2.13. The van der Waals surface area contributed by atoms with Crippen LogP contribution in [0.1, 0.15) is 11.4 Å². The molecule has 0 aliphatic carbocycles. The molecule has 1 rings (SSSR count). The summed E-state index contributed by atoms with van der Waals surface area (Å²) in [7, 11) is 3.99. The first-order valence-electron chi connectivity index (χ1n) is 5.15. The number of rotatable bonds is 6. The second-order valence-electron chi connectivity index (χ2n) is 3.64. The van der Waals surface area contributed by atoms with Gasteiger partial charge in [-0.15, -0.1) is 6.58 Å². The van der Waals surface area contributed by atoms with Crippen LogP contribution in [0.4, 0.5) is 0 Å². The van der Waals surface area contributed by atoms with E-state index < -0.39 is 0 Å². The Balaban J connectivity index is 2.60. The van der Waals surface area contributed by atoms with E-state index in [0.29, 0.717) is 0 Å². The van der Waals surface area contributed by atoms with E-state index in [2.05, 4.69) is 41.0 Å². The van der Waals surface area contributed by atoms with Gasteiger partial charge in [-0.25, -0.2) is 0 Å². The molecule has 1 aromatic rings. The molecule has 1 aromatic heterocycles. The first-order chi connectivity index (χ1) is 7.26. The van der Waals surface area contributed by atoms with Crippen LogP contribution < -0.4 is 5.32 Å². The normalized spacial score (nSPS) is 10.6. The van der Waals surface area contributed by atoms with Crippen molar-refractivity contribution in [2.75, 3.05) is 20.6 Å². The van der Waals surface area contributed by atoms with Crippen molar-refractivity contribution in [3.05, 3.63) is 42.2 Å². The van der Waals surface area contributed by atoms with Gasteiger partial charge in [-0.2, -0.15) is 0 Å². The highest BCUT2D eigenvalue weighted by Gasteiger charge is 2.00. The van der Waals surface area contributed by atoms with Gasteiger partial charge in [0.2, 0.25) is 0 Å². The number of nitrogens with one attached hydrogen (secondary N) is 1. The van der Waals surface area contributed by atoms with Crippen LogP contribution in [0, 0.1) is 0 Å². The fourth-order valence-electron chi connectivity index (χ4n) is 1.46. The Morgan fingerprint density at radius 3 is 2.87 bits per heavy atom. The van der Waals surface area contributed by atoms with Crippen LogP contribution in [0.2, 0.25) is 0 Å². The van der Waals surface area contributed by atoms with Crippen LogP contribution in [0.5, 0.6) is 0 Å². The zero-order chi connectivity index (χ0) is 11.1. The monoisotopic (exact) mass is 205 g/mol. The number of pyridine rings is 1. The molecule has 0 amide bonds. The van der Waals surface area contributed by atoms with Gasteiger partial charge in [0.1, 0.15) is 0 Å². The average molecular weight is 205 g/mol. The Morgan fingerprint density at radius 2 is 2.20 bits per heavy atom. The van der Waals surface area contributed by atoms with Gasteiger partial charge in [-0.1, -0.05) is 12.1 Å². The maximum absolute atomic E-state index is 4.55. The fraction of sp³-hybridized carbons (Fsp3) is 0.417. The van der Waals surface area contributed by atoms with Crippen molar-refractivity contribution < 1.29 is 0 Å². The number of hydrogen-bond donors (Lipinski definition) is 1. The van der Waals surface area contributed by atoms with Crippen molar-refractivity contribution >= 4 is 0 Å². The molecular formula is C12H19N3. The summed E-state index contributed by atoms with van der Waals surface area (Å²) in [6, 6.07) is 6.14. The Morgan fingerprint density at radius 1 is 1.47 bits per heavy atom. The minimum Gasteiger partial charge on any atom is -0.314 e. The highest BCUT2D eigenvalue weighted by molar-refractivity contribution is 5.11. The van der Waals surface area contributed by atoms with E-state index in [1.165, 1.54) is 0 Å². The van der Waals surface area contributed by atoms with Gasteiger partial charge in [-0.3, -0.25) is 9.88 Å². The van der Waals surface area contributed by atoms with Crippen molar-refractivity contribution in [3.8, 4) is 0 Å². The number of aromatic nitrogens is 1. The van der Waals surface area contributed by atoms with Gasteiger partial charge in [0, 0.05) is 19.6 Å². The van der Waals surface area contributed by atoms with Gasteiger partial charge < -0.3 is 5.32 Å². The third kappa shape index (κ3) is 4.23. The smallest absolute Gasteiger partial charge is 0.0547 e. The first kappa shape index (κ1) is 11.9. The molecule has 0 bridgehead atoms. The summed E-state index contributed by atoms with van der Waals surface area (Å²) in [5, 5.41) is 3.10. The maximum atomic E-state index is 4.55. The highest BCUT2D eigenvalue weighted by atomic mass is 15.1.